The van der Waals surface area contributed by atoms with Gasteiger partial charge in [-0.2, -0.15) is 5.10 Å². The number of Topliss-reactive ketones (excluding diaryl/α,β-unsaturated/α-hetero) is 1. The number of ether oxygens (including phenoxy) is 1. The van der Waals surface area contributed by atoms with Crippen LogP contribution in [0.4, 0.5) is 0 Å². The van der Waals surface area contributed by atoms with Gasteiger partial charge < -0.3 is 4.74 Å². The van der Waals surface area contributed by atoms with Gasteiger partial charge in [-0.1, -0.05) is 6.92 Å². The summed E-state index contributed by atoms with van der Waals surface area (Å²) in [6.07, 6.45) is 1.63. The zero-order valence-corrected chi connectivity index (χ0v) is 10.8. The summed E-state index contributed by atoms with van der Waals surface area (Å²) >= 11 is 0. The Labute approximate surface area is 102 Å². The fourth-order valence-electron chi connectivity index (χ4n) is 2.43. The molecule has 1 aromatic rings. The minimum atomic E-state index is 0.189. The summed E-state index contributed by atoms with van der Waals surface area (Å²) in [5.74, 6) is 0.728. The molecule has 1 aliphatic heterocycles. The second-order valence-electron chi connectivity index (χ2n) is 4.73. The number of aryl methyl sites for hydroxylation is 1. The van der Waals surface area contributed by atoms with Crippen molar-refractivity contribution in [3.63, 3.8) is 0 Å². The van der Waals surface area contributed by atoms with Crippen molar-refractivity contribution in [2.45, 2.75) is 40.2 Å². The van der Waals surface area contributed by atoms with Crippen LogP contribution in [-0.4, -0.2) is 28.8 Å². The van der Waals surface area contributed by atoms with Crippen LogP contribution >= 0.6 is 0 Å². The lowest BCUT2D eigenvalue weighted by Gasteiger charge is -2.09. The van der Waals surface area contributed by atoms with Gasteiger partial charge in [-0.15, -0.1) is 0 Å². The van der Waals surface area contributed by atoms with Gasteiger partial charge in [0.25, 0.3) is 0 Å². The first-order valence-corrected chi connectivity index (χ1v) is 6.28. The number of aromatic nitrogens is 2. The van der Waals surface area contributed by atoms with Crippen molar-refractivity contribution in [3.8, 4) is 0 Å². The summed E-state index contributed by atoms with van der Waals surface area (Å²) < 4.78 is 7.34. The highest BCUT2D eigenvalue weighted by atomic mass is 16.5. The first-order valence-electron chi connectivity index (χ1n) is 6.28. The molecule has 1 unspecified atom stereocenters. The number of carbonyl (C=O) groups is 1. The third kappa shape index (κ3) is 2.41. The predicted molar refractivity (Wildman–Crippen MR) is 65.2 cm³/mol. The highest BCUT2D eigenvalue weighted by Gasteiger charge is 2.21. The molecule has 94 valence electrons. The number of rotatable bonds is 4. The van der Waals surface area contributed by atoms with Crippen LogP contribution in [0.3, 0.4) is 0 Å². The van der Waals surface area contributed by atoms with Gasteiger partial charge in [-0.25, -0.2) is 0 Å². The molecule has 0 N–H and O–H groups in total. The zero-order chi connectivity index (χ0) is 12.4. The number of hydrogen-bond donors (Lipinski definition) is 0. The molecule has 0 spiro atoms. The normalized spacial score (nSPS) is 19.8. The highest BCUT2D eigenvalue weighted by Crippen LogP contribution is 2.19. The Bertz CT molecular complexity index is 417. The molecule has 17 heavy (non-hydrogen) atoms. The number of ketones is 1. The minimum absolute atomic E-state index is 0.189. The Balaban J connectivity index is 2.20. The van der Waals surface area contributed by atoms with Gasteiger partial charge in [0.1, 0.15) is 0 Å². The van der Waals surface area contributed by atoms with Crippen LogP contribution in [0.25, 0.3) is 0 Å². The maximum absolute atomic E-state index is 11.8. The Morgan fingerprint density at radius 3 is 2.88 bits per heavy atom. The van der Waals surface area contributed by atoms with E-state index < -0.39 is 0 Å². The summed E-state index contributed by atoms with van der Waals surface area (Å²) in [4.78, 5) is 11.8. The molecule has 2 heterocycles. The SMILES string of the molecule is CCC(=O)c1c(C)nn(CC2CCOC2)c1C. The lowest BCUT2D eigenvalue weighted by atomic mass is 10.1. The standard InChI is InChI=1S/C13H20N2O2/c1-4-12(16)13-9(2)14-15(10(13)3)7-11-5-6-17-8-11/h11H,4-8H2,1-3H3. The summed E-state index contributed by atoms with van der Waals surface area (Å²) in [5.41, 5.74) is 2.67. The average molecular weight is 236 g/mol. The van der Waals surface area contributed by atoms with E-state index in [1.165, 1.54) is 0 Å². The van der Waals surface area contributed by atoms with E-state index in [1.807, 2.05) is 25.5 Å². The summed E-state index contributed by atoms with van der Waals surface area (Å²) in [6.45, 7) is 8.32. The monoisotopic (exact) mass is 236 g/mol. The topological polar surface area (TPSA) is 44.1 Å². The second-order valence-corrected chi connectivity index (χ2v) is 4.73. The van der Waals surface area contributed by atoms with E-state index in [0.717, 1.165) is 43.1 Å². The molecule has 4 nitrogen and oxygen atoms in total. The van der Waals surface area contributed by atoms with Gasteiger partial charge in [0.2, 0.25) is 0 Å². The van der Waals surface area contributed by atoms with Crippen LogP contribution in [0.1, 0.15) is 41.5 Å². The lowest BCUT2D eigenvalue weighted by molar-refractivity contribution is 0.0987. The minimum Gasteiger partial charge on any atom is -0.381 e. The maximum atomic E-state index is 11.8. The fourth-order valence-corrected chi connectivity index (χ4v) is 2.43. The Hall–Kier alpha value is -1.16. The van der Waals surface area contributed by atoms with Crippen LogP contribution in [0.2, 0.25) is 0 Å². The Morgan fingerprint density at radius 1 is 1.53 bits per heavy atom. The van der Waals surface area contributed by atoms with E-state index in [0.29, 0.717) is 12.3 Å². The zero-order valence-electron chi connectivity index (χ0n) is 10.8. The first-order chi connectivity index (χ1) is 8.13. The summed E-state index contributed by atoms with van der Waals surface area (Å²) in [6, 6.07) is 0. The van der Waals surface area contributed by atoms with Crippen molar-refractivity contribution >= 4 is 5.78 Å². The van der Waals surface area contributed by atoms with E-state index in [2.05, 4.69) is 5.10 Å². The van der Waals surface area contributed by atoms with Gasteiger partial charge in [-0.05, 0) is 20.3 Å². The lowest BCUT2D eigenvalue weighted by Crippen LogP contribution is -2.13. The van der Waals surface area contributed by atoms with E-state index >= 15 is 0 Å². The van der Waals surface area contributed by atoms with Crippen LogP contribution < -0.4 is 0 Å². The Morgan fingerprint density at radius 2 is 2.29 bits per heavy atom. The molecule has 0 saturated carbocycles. The number of carbonyl (C=O) groups excluding carboxylic acids is 1. The van der Waals surface area contributed by atoms with Crippen molar-refractivity contribution in [1.29, 1.82) is 0 Å². The molecular formula is C13H20N2O2. The fraction of sp³-hybridized carbons (Fsp3) is 0.692. The van der Waals surface area contributed by atoms with Crippen LogP contribution in [0.5, 0.6) is 0 Å². The van der Waals surface area contributed by atoms with Crippen molar-refractivity contribution in [3.05, 3.63) is 17.0 Å². The van der Waals surface area contributed by atoms with Gasteiger partial charge in [0.05, 0.1) is 17.9 Å². The molecule has 1 aliphatic rings. The quantitative estimate of drug-likeness (QED) is 0.752. The van der Waals surface area contributed by atoms with Gasteiger partial charge in [-0.3, -0.25) is 9.48 Å². The van der Waals surface area contributed by atoms with Crippen LogP contribution in [0.15, 0.2) is 0 Å². The number of nitrogens with zero attached hydrogens (tertiary/aromatic N) is 2. The predicted octanol–water partition coefficient (Wildman–Crippen LogP) is 2.13. The summed E-state index contributed by atoms with van der Waals surface area (Å²) in [7, 11) is 0. The molecule has 1 aromatic heterocycles. The van der Waals surface area contributed by atoms with Gasteiger partial charge in [0.15, 0.2) is 5.78 Å². The van der Waals surface area contributed by atoms with Crippen molar-refractivity contribution in [2.24, 2.45) is 5.92 Å². The largest absolute Gasteiger partial charge is 0.381 e. The number of hydrogen-bond acceptors (Lipinski definition) is 3. The van der Waals surface area contributed by atoms with Gasteiger partial charge in [0, 0.05) is 31.2 Å². The molecule has 4 heteroatoms. The molecule has 1 fully saturated rings. The molecule has 0 aliphatic carbocycles. The Kier molecular flexibility index (Phi) is 3.62. The molecule has 1 saturated heterocycles. The van der Waals surface area contributed by atoms with Crippen LogP contribution in [-0.2, 0) is 11.3 Å². The van der Waals surface area contributed by atoms with E-state index in [9.17, 15) is 4.79 Å². The second kappa shape index (κ2) is 5.00. The molecule has 1 atom stereocenters. The smallest absolute Gasteiger partial charge is 0.166 e. The van der Waals surface area contributed by atoms with Crippen molar-refractivity contribution in [1.82, 2.24) is 9.78 Å². The maximum Gasteiger partial charge on any atom is 0.166 e. The van der Waals surface area contributed by atoms with Gasteiger partial charge >= 0.3 is 0 Å². The van der Waals surface area contributed by atoms with E-state index in [1.54, 1.807) is 0 Å². The molecular weight excluding hydrogens is 216 g/mol. The first kappa shape index (κ1) is 12.3. The molecule has 2 rings (SSSR count). The third-order valence-corrected chi connectivity index (χ3v) is 3.44. The summed E-state index contributed by atoms with van der Waals surface area (Å²) in [5, 5.41) is 4.48. The van der Waals surface area contributed by atoms with Crippen LogP contribution in [0, 0.1) is 19.8 Å². The average Bonchev–Trinajstić information content (AvgIpc) is 2.89. The van der Waals surface area contributed by atoms with E-state index in [-0.39, 0.29) is 5.78 Å². The molecule has 0 aromatic carbocycles. The third-order valence-electron chi connectivity index (χ3n) is 3.44. The molecule has 0 amide bonds. The van der Waals surface area contributed by atoms with E-state index in [4.69, 9.17) is 4.74 Å². The van der Waals surface area contributed by atoms with Crippen molar-refractivity contribution < 1.29 is 9.53 Å². The van der Waals surface area contributed by atoms with Crippen molar-refractivity contribution in [2.75, 3.05) is 13.2 Å². The highest BCUT2D eigenvalue weighted by molar-refractivity contribution is 5.97. The molecule has 0 bridgehead atoms. The molecule has 0 radical (unpaired) electrons.